The maximum absolute atomic E-state index is 5.75. The van der Waals surface area contributed by atoms with E-state index in [0.717, 1.165) is 5.69 Å². The quantitative estimate of drug-likeness (QED) is 0.540. The van der Waals surface area contributed by atoms with Crippen molar-refractivity contribution >= 4 is 29.2 Å². The van der Waals surface area contributed by atoms with Crippen LogP contribution in [0.15, 0.2) is 5.16 Å². The Morgan fingerprint density at radius 3 is 2.55 bits per heavy atom. The third kappa shape index (κ3) is 1.75. The monoisotopic (exact) mass is 189 g/mol. The molecule has 1 rings (SSSR count). The van der Waals surface area contributed by atoms with Crippen molar-refractivity contribution in [3.63, 3.8) is 0 Å². The number of thioether (sulfide) groups is 1. The average Bonchev–Trinajstić information content (AvgIpc) is 1.99. The van der Waals surface area contributed by atoms with Gasteiger partial charge in [-0.2, -0.15) is 0 Å². The summed E-state index contributed by atoms with van der Waals surface area (Å²) in [5.74, 6) is 0.350. The van der Waals surface area contributed by atoms with Gasteiger partial charge in [0.25, 0.3) is 0 Å². The van der Waals surface area contributed by atoms with Gasteiger partial charge in [0.15, 0.2) is 5.16 Å². The summed E-state index contributed by atoms with van der Waals surface area (Å²) < 4.78 is 0. The lowest BCUT2D eigenvalue weighted by atomic mass is 10.4. The van der Waals surface area contributed by atoms with E-state index in [2.05, 4.69) is 9.97 Å². The largest absolute Gasteiger partial charge is 0.382 e. The van der Waals surface area contributed by atoms with Gasteiger partial charge in [0.2, 0.25) is 0 Å². The van der Waals surface area contributed by atoms with Crippen molar-refractivity contribution in [3.05, 3.63) is 10.7 Å². The minimum absolute atomic E-state index is 0.350. The van der Waals surface area contributed by atoms with E-state index in [9.17, 15) is 0 Å². The number of hydrogen-bond acceptors (Lipinski definition) is 4. The van der Waals surface area contributed by atoms with Crippen LogP contribution >= 0.6 is 23.4 Å². The van der Waals surface area contributed by atoms with E-state index in [1.54, 1.807) is 6.92 Å². The van der Waals surface area contributed by atoms with Crippen LogP contribution in [0.3, 0.4) is 0 Å². The molecule has 0 aromatic carbocycles. The van der Waals surface area contributed by atoms with E-state index in [1.165, 1.54) is 11.8 Å². The molecule has 2 N–H and O–H groups in total. The Morgan fingerprint density at radius 2 is 2.09 bits per heavy atom. The normalized spacial score (nSPS) is 10.1. The van der Waals surface area contributed by atoms with Crippen molar-refractivity contribution in [2.75, 3.05) is 12.0 Å². The molecule has 0 aliphatic rings. The fraction of sp³-hybridized carbons (Fsp3) is 0.333. The van der Waals surface area contributed by atoms with Crippen LogP contribution in [-0.4, -0.2) is 16.2 Å². The van der Waals surface area contributed by atoms with Crippen LogP contribution in [0.1, 0.15) is 5.69 Å². The summed E-state index contributed by atoms with van der Waals surface area (Å²) in [7, 11) is 0. The topological polar surface area (TPSA) is 51.8 Å². The first-order chi connectivity index (χ1) is 5.15. The first-order valence-electron chi connectivity index (χ1n) is 2.98. The van der Waals surface area contributed by atoms with Crippen LogP contribution in [0.4, 0.5) is 5.82 Å². The molecule has 0 radical (unpaired) electrons. The lowest BCUT2D eigenvalue weighted by Gasteiger charge is -2.01. The maximum atomic E-state index is 5.75. The second kappa shape index (κ2) is 3.28. The summed E-state index contributed by atoms with van der Waals surface area (Å²) in [5, 5.41) is 1.10. The Kier molecular flexibility index (Phi) is 2.57. The summed E-state index contributed by atoms with van der Waals surface area (Å²) in [6, 6.07) is 0. The van der Waals surface area contributed by atoms with Crippen molar-refractivity contribution in [2.24, 2.45) is 0 Å². The molecular formula is C6H8ClN3S. The van der Waals surface area contributed by atoms with Crippen molar-refractivity contribution in [1.82, 2.24) is 9.97 Å². The summed E-state index contributed by atoms with van der Waals surface area (Å²) in [5.41, 5.74) is 6.23. The minimum atomic E-state index is 0.350. The Balaban J connectivity index is 3.21. The highest BCUT2D eigenvalue weighted by Crippen LogP contribution is 2.21. The minimum Gasteiger partial charge on any atom is -0.382 e. The van der Waals surface area contributed by atoms with Crippen LogP contribution < -0.4 is 5.73 Å². The molecule has 60 valence electrons. The lowest BCUT2D eigenvalue weighted by molar-refractivity contribution is 0.944. The molecular weight excluding hydrogens is 182 g/mol. The predicted molar refractivity (Wildman–Crippen MR) is 48.0 cm³/mol. The molecule has 0 fully saturated rings. The van der Waals surface area contributed by atoms with Gasteiger partial charge in [0.1, 0.15) is 10.8 Å². The fourth-order valence-corrected chi connectivity index (χ4v) is 1.15. The molecule has 0 saturated carbocycles. The van der Waals surface area contributed by atoms with Gasteiger partial charge in [-0.25, -0.2) is 9.97 Å². The summed E-state index contributed by atoms with van der Waals surface area (Å²) in [6.07, 6.45) is 1.89. The molecule has 0 atom stereocenters. The van der Waals surface area contributed by atoms with Gasteiger partial charge >= 0.3 is 0 Å². The third-order valence-electron chi connectivity index (χ3n) is 1.20. The summed E-state index contributed by atoms with van der Waals surface area (Å²) in [4.78, 5) is 8.04. The van der Waals surface area contributed by atoms with E-state index in [1.807, 2.05) is 6.26 Å². The molecule has 1 aromatic rings. The Hall–Kier alpha value is -0.480. The van der Waals surface area contributed by atoms with E-state index in [0.29, 0.717) is 16.0 Å². The molecule has 0 unspecified atom stereocenters. The molecule has 1 aromatic heterocycles. The third-order valence-corrected chi connectivity index (χ3v) is 2.22. The number of aryl methyl sites for hydroxylation is 1. The van der Waals surface area contributed by atoms with E-state index >= 15 is 0 Å². The second-order valence-corrected chi connectivity index (χ2v) is 3.15. The van der Waals surface area contributed by atoms with E-state index < -0.39 is 0 Å². The van der Waals surface area contributed by atoms with Crippen LogP contribution in [0.2, 0.25) is 5.02 Å². The van der Waals surface area contributed by atoms with Gasteiger partial charge in [-0.05, 0) is 13.2 Å². The molecule has 11 heavy (non-hydrogen) atoms. The molecule has 3 nitrogen and oxygen atoms in total. The molecule has 0 amide bonds. The summed E-state index contributed by atoms with van der Waals surface area (Å²) in [6.45, 7) is 1.81. The van der Waals surface area contributed by atoms with Gasteiger partial charge in [0.05, 0.1) is 5.69 Å². The fourth-order valence-electron chi connectivity index (χ4n) is 0.646. The molecule has 0 spiro atoms. The Morgan fingerprint density at radius 1 is 1.45 bits per heavy atom. The first kappa shape index (κ1) is 8.62. The van der Waals surface area contributed by atoms with Gasteiger partial charge in [-0.1, -0.05) is 23.4 Å². The standard InChI is InChI=1S/C6H8ClN3S/c1-3-4(7)5(8)10-6(9-3)11-2/h1-2H3,(H2,8,9,10). The average molecular weight is 190 g/mol. The van der Waals surface area contributed by atoms with Crippen LogP contribution in [0.25, 0.3) is 0 Å². The number of aromatic nitrogens is 2. The smallest absolute Gasteiger partial charge is 0.189 e. The number of hydrogen-bond donors (Lipinski definition) is 1. The van der Waals surface area contributed by atoms with E-state index in [-0.39, 0.29) is 0 Å². The zero-order chi connectivity index (χ0) is 8.43. The SMILES string of the molecule is CSc1nc(C)c(Cl)c(N)n1. The number of nitrogen functional groups attached to an aromatic ring is 1. The van der Waals surface area contributed by atoms with Crippen molar-refractivity contribution in [1.29, 1.82) is 0 Å². The van der Waals surface area contributed by atoms with Crippen LogP contribution in [0, 0.1) is 6.92 Å². The molecule has 0 bridgehead atoms. The Labute approximate surface area is 74.4 Å². The zero-order valence-corrected chi connectivity index (χ0v) is 7.83. The van der Waals surface area contributed by atoms with Crippen LogP contribution in [-0.2, 0) is 0 Å². The predicted octanol–water partition coefficient (Wildman–Crippen LogP) is 1.74. The molecule has 0 aliphatic carbocycles. The van der Waals surface area contributed by atoms with Crippen LogP contribution in [0.5, 0.6) is 0 Å². The highest BCUT2D eigenvalue weighted by atomic mass is 35.5. The number of nitrogens with two attached hydrogens (primary N) is 1. The maximum Gasteiger partial charge on any atom is 0.189 e. The van der Waals surface area contributed by atoms with Crippen molar-refractivity contribution < 1.29 is 0 Å². The molecule has 0 aliphatic heterocycles. The molecule has 1 heterocycles. The zero-order valence-electron chi connectivity index (χ0n) is 6.26. The summed E-state index contributed by atoms with van der Waals surface area (Å²) >= 11 is 7.19. The number of halogens is 1. The van der Waals surface area contributed by atoms with Crippen molar-refractivity contribution in [3.8, 4) is 0 Å². The highest BCUT2D eigenvalue weighted by molar-refractivity contribution is 7.98. The number of rotatable bonds is 1. The molecule has 0 saturated heterocycles. The van der Waals surface area contributed by atoms with Gasteiger partial charge < -0.3 is 5.73 Å². The van der Waals surface area contributed by atoms with Gasteiger partial charge in [-0.3, -0.25) is 0 Å². The first-order valence-corrected chi connectivity index (χ1v) is 4.59. The number of anilines is 1. The second-order valence-electron chi connectivity index (χ2n) is 1.99. The van der Waals surface area contributed by atoms with Gasteiger partial charge in [-0.15, -0.1) is 0 Å². The van der Waals surface area contributed by atoms with Gasteiger partial charge in [0, 0.05) is 0 Å². The lowest BCUT2D eigenvalue weighted by Crippen LogP contribution is -1.98. The highest BCUT2D eigenvalue weighted by Gasteiger charge is 2.04. The van der Waals surface area contributed by atoms with Crippen molar-refractivity contribution in [2.45, 2.75) is 12.1 Å². The van der Waals surface area contributed by atoms with E-state index in [4.69, 9.17) is 17.3 Å². The Bertz CT molecular complexity index is 254. The molecule has 5 heteroatoms. The number of nitrogens with zero attached hydrogens (tertiary/aromatic N) is 2.